The summed E-state index contributed by atoms with van der Waals surface area (Å²) in [5.41, 5.74) is -5.48. The van der Waals surface area contributed by atoms with Gasteiger partial charge in [0.25, 0.3) is 0 Å². The van der Waals surface area contributed by atoms with E-state index in [0.717, 1.165) is 0 Å². The molecule has 9 nitrogen and oxygen atoms in total. The van der Waals surface area contributed by atoms with Crippen molar-refractivity contribution in [2.45, 2.75) is 82.6 Å². The Labute approximate surface area is 202 Å². The monoisotopic (exact) mass is 484 g/mol. The van der Waals surface area contributed by atoms with Crippen LogP contribution in [0.15, 0.2) is 34.8 Å². The Morgan fingerprint density at radius 2 is 1.74 bits per heavy atom. The number of cyclic esters (lactones) is 2. The van der Waals surface area contributed by atoms with Gasteiger partial charge in [-0.1, -0.05) is 6.92 Å². The molecule has 8 rings (SSSR count). The largest absolute Gasteiger partial charge is 0.486 e. The van der Waals surface area contributed by atoms with Crippen LogP contribution in [0.5, 0.6) is 0 Å². The molecule has 7 heterocycles. The van der Waals surface area contributed by atoms with E-state index in [0.29, 0.717) is 24.2 Å². The SMILES string of the molecule is CC1(C)OC(=O)C=C2O[C@@]3(C[C@H]21)[C@]12O[C@]4(C)OC(=O)[C@@]3(C)[C@@H]4CC[C@@]1(C)[C@H](c1ccoc1)OC2=O. The van der Waals surface area contributed by atoms with Gasteiger partial charge in [0.2, 0.25) is 11.4 Å². The number of carbonyl (C=O) groups excluding carboxylic acids is 3. The number of fused-ring (bicyclic) bond motifs is 2. The van der Waals surface area contributed by atoms with Gasteiger partial charge in [-0.15, -0.1) is 0 Å². The van der Waals surface area contributed by atoms with Crippen LogP contribution in [0, 0.1) is 22.7 Å². The van der Waals surface area contributed by atoms with Gasteiger partial charge < -0.3 is 28.1 Å². The molecule has 1 aromatic heterocycles. The maximum atomic E-state index is 14.2. The van der Waals surface area contributed by atoms with Gasteiger partial charge in [-0.2, -0.15) is 0 Å². The van der Waals surface area contributed by atoms with E-state index < -0.39 is 57.4 Å². The lowest BCUT2D eigenvalue weighted by atomic mass is 9.51. The molecule has 0 radical (unpaired) electrons. The van der Waals surface area contributed by atoms with Crippen LogP contribution in [0.3, 0.4) is 0 Å². The summed E-state index contributed by atoms with van der Waals surface area (Å²) in [7, 11) is 0. The van der Waals surface area contributed by atoms with E-state index in [1.165, 1.54) is 12.3 Å². The summed E-state index contributed by atoms with van der Waals surface area (Å²) < 4.78 is 36.6. The molecule has 6 fully saturated rings. The van der Waals surface area contributed by atoms with Gasteiger partial charge in [0.1, 0.15) is 22.9 Å². The summed E-state index contributed by atoms with van der Waals surface area (Å²) in [4.78, 5) is 40.4. The van der Waals surface area contributed by atoms with E-state index in [-0.39, 0.29) is 18.3 Å². The molecule has 4 bridgehead atoms. The standard InChI is InChI=1S/C26H28O9/c1-21(2)14-11-25(32-15(14)10-17(27)33-21)23(4)16-6-8-22(3)18(13-7-9-30-12-13)31-20(29)26(22,25)35-24(16,5)34-19(23)28/h7,9-10,12,14,16,18H,6,8,11H2,1-5H3/t14-,16+,18+,22+,23-,24+,25-,26-/m1/s1. The minimum absolute atomic E-state index is 0.236. The van der Waals surface area contributed by atoms with Crippen LogP contribution < -0.4 is 0 Å². The highest BCUT2D eigenvalue weighted by atomic mass is 16.8. The first kappa shape index (κ1) is 21.5. The van der Waals surface area contributed by atoms with Crippen molar-refractivity contribution in [1.82, 2.24) is 0 Å². The Hall–Kier alpha value is -2.81. The van der Waals surface area contributed by atoms with Gasteiger partial charge in [-0.3, -0.25) is 4.79 Å². The maximum absolute atomic E-state index is 14.2. The predicted octanol–water partition coefficient (Wildman–Crippen LogP) is 3.34. The Kier molecular flexibility index (Phi) is 3.54. The smallest absolute Gasteiger partial charge is 0.344 e. The number of rotatable bonds is 1. The molecule has 7 aliphatic rings. The fourth-order valence-corrected chi connectivity index (χ4v) is 8.43. The van der Waals surface area contributed by atoms with E-state index in [4.69, 9.17) is 28.1 Å². The van der Waals surface area contributed by atoms with Crippen LogP contribution in [0.4, 0.5) is 0 Å². The molecule has 0 N–H and O–H groups in total. The second-order valence-electron chi connectivity index (χ2n) is 12.0. The highest BCUT2D eigenvalue weighted by Gasteiger charge is 2.93. The van der Waals surface area contributed by atoms with E-state index in [1.807, 2.05) is 27.7 Å². The maximum Gasteiger partial charge on any atom is 0.344 e. The van der Waals surface area contributed by atoms with Crippen LogP contribution in [0.1, 0.15) is 65.5 Å². The molecule has 0 amide bonds. The van der Waals surface area contributed by atoms with Gasteiger partial charge in [0.05, 0.1) is 29.9 Å². The molecule has 0 aromatic carbocycles. The van der Waals surface area contributed by atoms with Crippen molar-refractivity contribution in [2.75, 3.05) is 0 Å². The van der Waals surface area contributed by atoms with Gasteiger partial charge in [0.15, 0.2) is 5.60 Å². The molecule has 0 unspecified atom stereocenters. The number of hydrogen-bond donors (Lipinski definition) is 0. The second-order valence-corrected chi connectivity index (χ2v) is 12.0. The lowest BCUT2D eigenvalue weighted by molar-refractivity contribution is -0.349. The summed E-state index contributed by atoms with van der Waals surface area (Å²) in [5, 5.41) is 0. The normalized spacial score (nSPS) is 50.6. The van der Waals surface area contributed by atoms with E-state index in [9.17, 15) is 14.4 Å². The average Bonchev–Trinajstić information content (AvgIpc) is 3.46. The Morgan fingerprint density at radius 3 is 2.46 bits per heavy atom. The van der Waals surface area contributed by atoms with Crippen molar-refractivity contribution < 1.29 is 42.5 Å². The number of ether oxygens (including phenoxy) is 5. The van der Waals surface area contributed by atoms with Crippen molar-refractivity contribution in [3.05, 3.63) is 36.0 Å². The first-order valence-corrected chi connectivity index (χ1v) is 12.2. The van der Waals surface area contributed by atoms with Crippen molar-refractivity contribution in [2.24, 2.45) is 22.7 Å². The minimum atomic E-state index is -1.68. The average molecular weight is 485 g/mol. The molecule has 186 valence electrons. The van der Waals surface area contributed by atoms with Crippen molar-refractivity contribution in [1.29, 1.82) is 0 Å². The number of furan rings is 1. The Bertz CT molecular complexity index is 1230. The predicted molar refractivity (Wildman–Crippen MR) is 115 cm³/mol. The molecule has 5 saturated heterocycles. The van der Waals surface area contributed by atoms with Gasteiger partial charge in [-0.05, 0) is 39.7 Å². The van der Waals surface area contributed by atoms with E-state index in [2.05, 4.69) is 0 Å². The van der Waals surface area contributed by atoms with Crippen molar-refractivity contribution >= 4 is 17.9 Å². The van der Waals surface area contributed by atoms with E-state index >= 15 is 0 Å². The number of hydrogen-bond acceptors (Lipinski definition) is 9. The zero-order valence-electron chi connectivity index (χ0n) is 20.3. The van der Waals surface area contributed by atoms with Crippen molar-refractivity contribution in [3.63, 3.8) is 0 Å². The number of carbonyl (C=O) groups is 3. The lowest BCUT2D eigenvalue weighted by Crippen LogP contribution is -2.77. The molecule has 1 saturated carbocycles. The molecular formula is C26H28O9. The summed E-state index contributed by atoms with van der Waals surface area (Å²) in [6.07, 6.45) is 5.10. The highest BCUT2D eigenvalue weighted by molar-refractivity contribution is 5.92. The topological polar surface area (TPSA) is 110 Å². The lowest BCUT2D eigenvalue weighted by Gasteiger charge is -2.58. The molecule has 1 aromatic rings. The summed E-state index contributed by atoms with van der Waals surface area (Å²) in [5.74, 6) is -3.23. The molecule has 35 heavy (non-hydrogen) atoms. The van der Waals surface area contributed by atoms with Crippen LogP contribution in [-0.2, 0) is 38.1 Å². The molecule has 1 aliphatic carbocycles. The first-order valence-electron chi connectivity index (χ1n) is 12.2. The Balaban J connectivity index is 1.53. The molecule has 2 spiro atoms. The second kappa shape index (κ2) is 5.77. The van der Waals surface area contributed by atoms with Crippen LogP contribution in [-0.4, -0.2) is 40.5 Å². The summed E-state index contributed by atoms with van der Waals surface area (Å²) in [6.45, 7) is 9.16. The molecule has 6 aliphatic heterocycles. The van der Waals surface area contributed by atoms with Gasteiger partial charge in [0, 0.05) is 24.8 Å². The quantitative estimate of drug-likeness (QED) is 0.438. The number of esters is 3. The van der Waals surface area contributed by atoms with Crippen LogP contribution in [0.25, 0.3) is 0 Å². The summed E-state index contributed by atoms with van der Waals surface area (Å²) >= 11 is 0. The third kappa shape index (κ3) is 2.00. The third-order valence-electron chi connectivity index (χ3n) is 10.1. The molecule has 8 atom stereocenters. The van der Waals surface area contributed by atoms with Crippen LogP contribution in [0.2, 0.25) is 0 Å². The minimum Gasteiger partial charge on any atom is -0.486 e. The fraction of sp³-hybridized carbons (Fsp3) is 0.654. The third-order valence-corrected chi connectivity index (χ3v) is 10.1. The first-order chi connectivity index (χ1) is 16.3. The zero-order valence-corrected chi connectivity index (χ0v) is 20.3. The molecular weight excluding hydrogens is 456 g/mol. The Morgan fingerprint density at radius 1 is 0.971 bits per heavy atom. The zero-order chi connectivity index (χ0) is 24.8. The summed E-state index contributed by atoms with van der Waals surface area (Å²) in [6, 6.07) is 1.78. The highest BCUT2D eigenvalue weighted by Crippen LogP contribution is 2.78. The fourth-order valence-electron chi connectivity index (χ4n) is 8.43. The van der Waals surface area contributed by atoms with E-state index in [1.54, 1.807) is 19.3 Å². The van der Waals surface area contributed by atoms with Gasteiger partial charge >= 0.3 is 17.9 Å². The molecule has 9 heteroatoms. The van der Waals surface area contributed by atoms with Gasteiger partial charge in [-0.25, -0.2) is 9.59 Å². The van der Waals surface area contributed by atoms with Crippen molar-refractivity contribution in [3.8, 4) is 0 Å². The van der Waals surface area contributed by atoms with Crippen LogP contribution >= 0.6 is 0 Å².